The van der Waals surface area contributed by atoms with Gasteiger partial charge in [-0.1, -0.05) is 30.3 Å². The Bertz CT molecular complexity index is 652. The molecule has 2 amide bonds. The molecule has 6 nitrogen and oxygen atoms in total. The summed E-state index contributed by atoms with van der Waals surface area (Å²) >= 11 is 0. The lowest BCUT2D eigenvalue weighted by molar-refractivity contribution is -0.106. The summed E-state index contributed by atoms with van der Waals surface area (Å²) in [6.07, 6.45) is -0.482. The van der Waals surface area contributed by atoms with Crippen LogP contribution in [0.2, 0.25) is 0 Å². The molecule has 0 aromatic heterocycles. The van der Waals surface area contributed by atoms with Crippen LogP contribution in [-0.4, -0.2) is 26.0 Å². The van der Waals surface area contributed by atoms with Crippen LogP contribution in [-0.2, 0) is 9.47 Å². The lowest BCUT2D eigenvalue weighted by Gasteiger charge is -2.14. The van der Waals surface area contributed by atoms with E-state index in [1.807, 2.05) is 6.07 Å². The summed E-state index contributed by atoms with van der Waals surface area (Å²) in [5.74, 6) is -0.790. The number of nitrogens with one attached hydrogen (secondary N) is 2. The van der Waals surface area contributed by atoms with Crippen molar-refractivity contribution in [2.45, 2.75) is 6.29 Å². The normalized spacial score (nSPS) is 10.4. The fourth-order valence-corrected chi connectivity index (χ4v) is 2.01. The Labute approximate surface area is 134 Å². The van der Waals surface area contributed by atoms with E-state index in [0.29, 0.717) is 11.1 Å². The molecule has 0 radical (unpaired) electrons. The number of ether oxygens (including phenoxy) is 2. The highest BCUT2D eigenvalue weighted by Crippen LogP contribution is 2.17. The first-order valence-electron chi connectivity index (χ1n) is 6.97. The average Bonchev–Trinajstić information content (AvgIpc) is 2.61. The van der Waals surface area contributed by atoms with E-state index in [0.717, 1.165) is 5.56 Å². The van der Waals surface area contributed by atoms with Crippen molar-refractivity contribution >= 4 is 11.8 Å². The molecule has 0 atom stereocenters. The van der Waals surface area contributed by atoms with E-state index < -0.39 is 12.2 Å². The summed E-state index contributed by atoms with van der Waals surface area (Å²) < 4.78 is 10.3. The Hall–Kier alpha value is -2.70. The molecule has 0 unspecified atom stereocenters. The van der Waals surface area contributed by atoms with Crippen molar-refractivity contribution in [2.75, 3.05) is 14.2 Å². The first kappa shape index (κ1) is 16.7. The van der Waals surface area contributed by atoms with Crippen LogP contribution in [0.1, 0.15) is 32.6 Å². The number of hydrogen-bond acceptors (Lipinski definition) is 4. The van der Waals surface area contributed by atoms with Crippen LogP contribution < -0.4 is 10.9 Å². The van der Waals surface area contributed by atoms with Crippen molar-refractivity contribution in [2.24, 2.45) is 0 Å². The molecule has 0 spiro atoms. The molecule has 2 N–H and O–H groups in total. The van der Waals surface area contributed by atoms with Crippen molar-refractivity contribution in [3.05, 3.63) is 71.3 Å². The molecule has 6 heteroatoms. The molecular weight excluding hydrogens is 296 g/mol. The largest absolute Gasteiger partial charge is 0.352 e. The number of methoxy groups -OCH3 is 2. The van der Waals surface area contributed by atoms with Crippen LogP contribution in [0, 0.1) is 0 Å². The zero-order valence-corrected chi connectivity index (χ0v) is 12.9. The first-order valence-corrected chi connectivity index (χ1v) is 6.97. The fraction of sp³-hybridized carbons (Fsp3) is 0.176. The Balaban J connectivity index is 1.94. The third-order valence-corrected chi connectivity index (χ3v) is 3.20. The van der Waals surface area contributed by atoms with Gasteiger partial charge in [0, 0.05) is 30.9 Å². The zero-order chi connectivity index (χ0) is 16.7. The molecule has 2 aromatic carbocycles. The zero-order valence-electron chi connectivity index (χ0n) is 12.9. The third-order valence-electron chi connectivity index (χ3n) is 3.20. The van der Waals surface area contributed by atoms with Crippen LogP contribution in [0.3, 0.4) is 0 Å². The van der Waals surface area contributed by atoms with Crippen LogP contribution in [0.25, 0.3) is 0 Å². The van der Waals surface area contributed by atoms with Crippen molar-refractivity contribution in [3.63, 3.8) is 0 Å². The number of carbonyl (C=O) groups excluding carboxylic acids is 2. The topological polar surface area (TPSA) is 76.7 Å². The van der Waals surface area contributed by atoms with E-state index in [1.54, 1.807) is 48.5 Å². The van der Waals surface area contributed by atoms with Gasteiger partial charge in [0.15, 0.2) is 6.29 Å². The number of benzene rings is 2. The number of rotatable bonds is 5. The van der Waals surface area contributed by atoms with Crippen molar-refractivity contribution in [3.8, 4) is 0 Å². The monoisotopic (exact) mass is 314 g/mol. The second-order valence-corrected chi connectivity index (χ2v) is 4.70. The van der Waals surface area contributed by atoms with E-state index in [1.165, 1.54) is 14.2 Å². The average molecular weight is 314 g/mol. The van der Waals surface area contributed by atoms with Gasteiger partial charge in [-0.15, -0.1) is 0 Å². The standard InChI is InChI=1S/C17H18N2O4/c1-22-17(23-2)14-10-8-13(9-11-14)16(21)19-18-15(20)12-6-4-3-5-7-12/h3-11,17H,1-2H3,(H,18,20)(H,19,21). The van der Waals surface area contributed by atoms with Gasteiger partial charge in [-0.2, -0.15) is 0 Å². The lowest BCUT2D eigenvalue weighted by atomic mass is 10.1. The molecular formula is C17H18N2O4. The summed E-state index contributed by atoms with van der Waals surface area (Å²) in [4.78, 5) is 23.9. The van der Waals surface area contributed by atoms with Crippen molar-refractivity contribution < 1.29 is 19.1 Å². The lowest BCUT2D eigenvalue weighted by Crippen LogP contribution is -2.41. The minimum atomic E-state index is -0.482. The van der Waals surface area contributed by atoms with E-state index in [-0.39, 0.29) is 5.91 Å². The first-order chi connectivity index (χ1) is 11.2. The van der Waals surface area contributed by atoms with Crippen LogP contribution in [0.5, 0.6) is 0 Å². The molecule has 120 valence electrons. The number of hydrazine groups is 1. The van der Waals surface area contributed by atoms with Crippen molar-refractivity contribution in [1.29, 1.82) is 0 Å². The highest BCUT2D eigenvalue weighted by Gasteiger charge is 2.11. The van der Waals surface area contributed by atoms with E-state index >= 15 is 0 Å². The van der Waals surface area contributed by atoms with Gasteiger partial charge in [0.25, 0.3) is 11.8 Å². The molecule has 23 heavy (non-hydrogen) atoms. The van der Waals surface area contributed by atoms with E-state index in [9.17, 15) is 9.59 Å². The molecule has 2 aromatic rings. The molecule has 0 heterocycles. The maximum atomic E-state index is 12.0. The molecule has 0 saturated carbocycles. The second kappa shape index (κ2) is 8.07. The summed E-state index contributed by atoms with van der Waals surface area (Å²) in [6.45, 7) is 0. The van der Waals surface area contributed by atoms with E-state index in [2.05, 4.69) is 10.9 Å². The smallest absolute Gasteiger partial charge is 0.269 e. The van der Waals surface area contributed by atoms with Gasteiger partial charge < -0.3 is 9.47 Å². The second-order valence-electron chi connectivity index (χ2n) is 4.70. The molecule has 0 bridgehead atoms. The van der Waals surface area contributed by atoms with Crippen LogP contribution in [0.15, 0.2) is 54.6 Å². The minimum Gasteiger partial charge on any atom is -0.352 e. The van der Waals surface area contributed by atoms with Gasteiger partial charge in [-0.25, -0.2) is 0 Å². The summed E-state index contributed by atoms with van der Waals surface area (Å²) in [5, 5.41) is 0. The van der Waals surface area contributed by atoms with Crippen LogP contribution >= 0.6 is 0 Å². The molecule has 0 aliphatic heterocycles. The summed E-state index contributed by atoms with van der Waals surface area (Å²) in [5.41, 5.74) is 6.41. The summed E-state index contributed by atoms with van der Waals surface area (Å²) in [6, 6.07) is 15.3. The van der Waals surface area contributed by atoms with Gasteiger partial charge in [-0.05, 0) is 24.3 Å². The highest BCUT2D eigenvalue weighted by atomic mass is 16.7. The fourth-order valence-electron chi connectivity index (χ4n) is 2.01. The molecule has 0 aliphatic rings. The van der Waals surface area contributed by atoms with Gasteiger partial charge in [-0.3, -0.25) is 20.4 Å². The van der Waals surface area contributed by atoms with Crippen molar-refractivity contribution in [1.82, 2.24) is 10.9 Å². The van der Waals surface area contributed by atoms with Gasteiger partial charge >= 0.3 is 0 Å². The van der Waals surface area contributed by atoms with E-state index in [4.69, 9.17) is 9.47 Å². The number of amides is 2. The third kappa shape index (κ3) is 4.38. The Morgan fingerprint density at radius 3 is 1.74 bits per heavy atom. The maximum Gasteiger partial charge on any atom is 0.269 e. The molecule has 0 saturated heterocycles. The maximum absolute atomic E-state index is 12.0. The van der Waals surface area contributed by atoms with Gasteiger partial charge in [0.1, 0.15) is 0 Å². The van der Waals surface area contributed by atoms with Gasteiger partial charge in [0.2, 0.25) is 0 Å². The number of hydrogen-bond donors (Lipinski definition) is 2. The molecule has 2 rings (SSSR count). The predicted octanol–water partition coefficient (Wildman–Crippen LogP) is 2.05. The molecule has 0 fully saturated rings. The highest BCUT2D eigenvalue weighted by molar-refractivity contribution is 5.99. The van der Waals surface area contributed by atoms with Gasteiger partial charge in [0.05, 0.1) is 0 Å². The van der Waals surface area contributed by atoms with Crippen LogP contribution in [0.4, 0.5) is 0 Å². The molecule has 0 aliphatic carbocycles. The summed E-state index contributed by atoms with van der Waals surface area (Å²) in [7, 11) is 3.07. The Kier molecular flexibility index (Phi) is 5.85. The SMILES string of the molecule is COC(OC)c1ccc(C(=O)NNC(=O)c2ccccc2)cc1. The quantitative estimate of drug-likeness (QED) is 0.654. The Morgan fingerprint density at radius 1 is 0.783 bits per heavy atom. The minimum absolute atomic E-state index is 0.380. The predicted molar refractivity (Wildman–Crippen MR) is 84.6 cm³/mol. The number of carbonyl (C=O) groups is 2. The Morgan fingerprint density at radius 2 is 1.26 bits per heavy atom.